The number of carbonyl (C=O) groups is 1. The van der Waals surface area contributed by atoms with E-state index in [0.717, 1.165) is 49.7 Å². The lowest BCUT2D eigenvalue weighted by Crippen LogP contribution is -2.35. The van der Waals surface area contributed by atoms with E-state index in [4.69, 9.17) is 11.6 Å². The lowest BCUT2D eigenvalue weighted by atomic mass is 10.2. The van der Waals surface area contributed by atoms with Gasteiger partial charge in [-0.15, -0.1) is 11.8 Å². The van der Waals surface area contributed by atoms with Gasteiger partial charge in [-0.05, 0) is 54.6 Å². The Hall–Kier alpha value is -1.49. The molecule has 132 valence electrons. The molecule has 0 bridgehead atoms. The van der Waals surface area contributed by atoms with Gasteiger partial charge in [-0.3, -0.25) is 9.69 Å². The molecule has 25 heavy (non-hydrogen) atoms. The highest BCUT2D eigenvalue weighted by atomic mass is 35.5. The molecule has 1 aliphatic heterocycles. The number of thioether (sulfide) groups is 1. The zero-order valence-corrected chi connectivity index (χ0v) is 16.0. The summed E-state index contributed by atoms with van der Waals surface area (Å²) in [5.74, 6) is 0.140. The Bertz CT molecular complexity index is 703. The first-order chi connectivity index (χ1) is 12.2. The summed E-state index contributed by atoms with van der Waals surface area (Å²) in [6, 6.07) is 15.9. The molecule has 1 amide bonds. The van der Waals surface area contributed by atoms with Crippen LogP contribution >= 0.6 is 23.4 Å². The zero-order chi connectivity index (χ0) is 17.6. The summed E-state index contributed by atoms with van der Waals surface area (Å²) in [4.78, 5) is 18.3. The maximum absolute atomic E-state index is 12.7. The Labute approximate surface area is 159 Å². The standard InChI is InChI=1S/C20H23ClN2OS/c1-25-19-9-5-17(6-10-19)20(24)23-12-2-11-22(13-14-23)15-16-3-7-18(21)8-4-16/h3-10H,2,11-15H2,1H3. The summed E-state index contributed by atoms with van der Waals surface area (Å²) in [6.45, 7) is 4.41. The van der Waals surface area contributed by atoms with Crippen LogP contribution < -0.4 is 0 Å². The molecule has 0 unspecified atom stereocenters. The summed E-state index contributed by atoms with van der Waals surface area (Å²) in [7, 11) is 0. The normalized spacial score (nSPS) is 15.8. The first-order valence-electron chi connectivity index (χ1n) is 8.56. The molecule has 0 radical (unpaired) electrons. The maximum atomic E-state index is 12.7. The molecule has 1 heterocycles. The van der Waals surface area contributed by atoms with E-state index in [0.29, 0.717) is 0 Å². The van der Waals surface area contributed by atoms with Crippen molar-refractivity contribution < 1.29 is 4.79 Å². The van der Waals surface area contributed by atoms with E-state index in [-0.39, 0.29) is 5.91 Å². The van der Waals surface area contributed by atoms with Crippen molar-refractivity contribution in [2.45, 2.75) is 17.9 Å². The molecule has 1 fully saturated rings. The molecule has 3 rings (SSSR count). The fraction of sp³-hybridized carbons (Fsp3) is 0.350. The van der Waals surface area contributed by atoms with Gasteiger partial charge >= 0.3 is 0 Å². The number of nitrogens with zero attached hydrogens (tertiary/aromatic N) is 2. The lowest BCUT2D eigenvalue weighted by Gasteiger charge is -2.22. The van der Waals surface area contributed by atoms with Crippen molar-refractivity contribution in [3.05, 3.63) is 64.7 Å². The molecule has 0 aliphatic carbocycles. The third-order valence-electron chi connectivity index (χ3n) is 4.53. The quantitative estimate of drug-likeness (QED) is 0.740. The van der Waals surface area contributed by atoms with Crippen LogP contribution in [-0.4, -0.2) is 48.1 Å². The van der Waals surface area contributed by atoms with E-state index in [1.165, 1.54) is 10.5 Å². The molecule has 1 saturated heterocycles. The fourth-order valence-electron chi connectivity index (χ4n) is 3.10. The van der Waals surface area contributed by atoms with Gasteiger partial charge in [0.15, 0.2) is 0 Å². The SMILES string of the molecule is CSc1ccc(C(=O)N2CCCN(Cc3ccc(Cl)cc3)CC2)cc1. The highest BCUT2D eigenvalue weighted by Gasteiger charge is 2.20. The number of amides is 1. The maximum Gasteiger partial charge on any atom is 0.253 e. The van der Waals surface area contributed by atoms with Crippen molar-refractivity contribution in [1.29, 1.82) is 0 Å². The minimum atomic E-state index is 0.140. The Morgan fingerprint density at radius 1 is 1.00 bits per heavy atom. The molecule has 0 aromatic heterocycles. The van der Waals surface area contributed by atoms with Crippen molar-refractivity contribution in [3.8, 4) is 0 Å². The van der Waals surface area contributed by atoms with E-state index in [1.54, 1.807) is 11.8 Å². The van der Waals surface area contributed by atoms with Gasteiger partial charge in [0.25, 0.3) is 5.91 Å². The smallest absolute Gasteiger partial charge is 0.253 e. The van der Waals surface area contributed by atoms with Gasteiger partial charge in [0.2, 0.25) is 0 Å². The molecular weight excluding hydrogens is 352 g/mol. The number of hydrogen-bond acceptors (Lipinski definition) is 3. The molecule has 0 N–H and O–H groups in total. The third kappa shape index (κ3) is 5.00. The molecule has 2 aromatic carbocycles. The van der Waals surface area contributed by atoms with Crippen LogP contribution in [0.1, 0.15) is 22.3 Å². The molecule has 5 heteroatoms. The topological polar surface area (TPSA) is 23.6 Å². The second-order valence-electron chi connectivity index (χ2n) is 6.28. The van der Waals surface area contributed by atoms with Gasteiger partial charge in [0.05, 0.1) is 0 Å². The highest BCUT2D eigenvalue weighted by molar-refractivity contribution is 7.98. The second kappa shape index (κ2) is 8.75. The van der Waals surface area contributed by atoms with Gasteiger partial charge in [-0.2, -0.15) is 0 Å². The minimum absolute atomic E-state index is 0.140. The molecule has 1 aliphatic rings. The predicted molar refractivity (Wildman–Crippen MR) is 105 cm³/mol. The molecule has 0 spiro atoms. The van der Waals surface area contributed by atoms with Crippen LogP contribution in [0.4, 0.5) is 0 Å². The molecule has 0 saturated carbocycles. The second-order valence-corrected chi connectivity index (χ2v) is 7.59. The van der Waals surface area contributed by atoms with Crippen molar-refractivity contribution in [1.82, 2.24) is 9.80 Å². The van der Waals surface area contributed by atoms with E-state index in [9.17, 15) is 4.79 Å². The summed E-state index contributed by atoms with van der Waals surface area (Å²) in [6.07, 6.45) is 3.04. The molecule has 3 nitrogen and oxygen atoms in total. The van der Waals surface area contributed by atoms with Crippen LogP contribution in [-0.2, 0) is 6.54 Å². The largest absolute Gasteiger partial charge is 0.337 e. The number of carbonyl (C=O) groups excluding carboxylic acids is 1. The van der Waals surface area contributed by atoms with Gasteiger partial charge in [0, 0.05) is 48.2 Å². The highest BCUT2D eigenvalue weighted by Crippen LogP contribution is 2.17. The van der Waals surface area contributed by atoms with Crippen LogP contribution in [0.15, 0.2) is 53.4 Å². The van der Waals surface area contributed by atoms with Gasteiger partial charge in [-0.25, -0.2) is 0 Å². The zero-order valence-electron chi connectivity index (χ0n) is 14.5. The first-order valence-corrected chi connectivity index (χ1v) is 10.2. The molecule has 0 atom stereocenters. The average molecular weight is 375 g/mol. The number of benzene rings is 2. The number of hydrogen-bond donors (Lipinski definition) is 0. The Kier molecular flexibility index (Phi) is 6.40. The number of halogens is 1. The van der Waals surface area contributed by atoms with E-state index in [2.05, 4.69) is 17.0 Å². The van der Waals surface area contributed by atoms with Crippen LogP contribution in [0.25, 0.3) is 0 Å². The van der Waals surface area contributed by atoms with Crippen LogP contribution in [0, 0.1) is 0 Å². The van der Waals surface area contributed by atoms with Gasteiger partial charge in [-0.1, -0.05) is 23.7 Å². The third-order valence-corrected chi connectivity index (χ3v) is 5.53. The van der Waals surface area contributed by atoms with Gasteiger partial charge in [0.1, 0.15) is 0 Å². The molecular formula is C20H23ClN2OS. The predicted octanol–water partition coefficient (Wildman–Crippen LogP) is 4.41. The fourth-order valence-corrected chi connectivity index (χ4v) is 3.63. The van der Waals surface area contributed by atoms with Crippen LogP contribution in [0.2, 0.25) is 5.02 Å². The average Bonchev–Trinajstić information content (AvgIpc) is 2.89. The molecule has 2 aromatic rings. The van der Waals surface area contributed by atoms with Gasteiger partial charge < -0.3 is 4.90 Å². The summed E-state index contributed by atoms with van der Waals surface area (Å²) < 4.78 is 0. The summed E-state index contributed by atoms with van der Waals surface area (Å²) in [5, 5.41) is 0.767. The van der Waals surface area contributed by atoms with E-state index in [1.807, 2.05) is 47.6 Å². The monoisotopic (exact) mass is 374 g/mol. The first kappa shape index (κ1) is 18.3. The van der Waals surface area contributed by atoms with E-state index < -0.39 is 0 Å². The van der Waals surface area contributed by atoms with Crippen molar-refractivity contribution in [2.75, 3.05) is 32.4 Å². The minimum Gasteiger partial charge on any atom is -0.337 e. The van der Waals surface area contributed by atoms with Crippen molar-refractivity contribution >= 4 is 29.3 Å². The van der Waals surface area contributed by atoms with Crippen molar-refractivity contribution in [3.63, 3.8) is 0 Å². The Balaban J connectivity index is 1.58. The van der Waals surface area contributed by atoms with Crippen LogP contribution in [0.5, 0.6) is 0 Å². The summed E-state index contributed by atoms with van der Waals surface area (Å²) in [5.41, 5.74) is 2.04. The summed E-state index contributed by atoms with van der Waals surface area (Å²) >= 11 is 7.64. The van der Waals surface area contributed by atoms with E-state index >= 15 is 0 Å². The Morgan fingerprint density at radius 2 is 1.72 bits per heavy atom. The van der Waals surface area contributed by atoms with Crippen molar-refractivity contribution in [2.24, 2.45) is 0 Å². The lowest BCUT2D eigenvalue weighted by molar-refractivity contribution is 0.0761. The Morgan fingerprint density at radius 3 is 2.40 bits per heavy atom. The number of rotatable bonds is 4. The van der Waals surface area contributed by atoms with Crippen LogP contribution in [0.3, 0.4) is 0 Å².